The molecule has 2 saturated heterocycles. The summed E-state index contributed by atoms with van der Waals surface area (Å²) in [7, 11) is -3.25. The van der Waals surface area contributed by atoms with Gasteiger partial charge in [-0.15, -0.1) is 0 Å². The van der Waals surface area contributed by atoms with Crippen LogP contribution in [0.25, 0.3) is 0 Å². The molecule has 1 unspecified atom stereocenters. The molecule has 0 amide bonds. The molecular formula is C18H28N6O3S. The van der Waals surface area contributed by atoms with Crippen LogP contribution in [0.1, 0.15) is 42.7 Å². The summed E-state index contributed by atoms with van der Waals surface area (Å²) >= 11 is 0. The summed E-state index contributed by atoms with van der Waals surface area (Å²) in [6.07, 6.45) is 1.94. The molecular weight excluding hydrogens is 380 g/mol. The maximum atomic E-state index is 12.5. The Balaban J connectivity index is 1.53. The summed E-state index contributed by atoms with van der Waals surface area (Å²) in [4.78, 5) is 6.77. The minimum Gasteiger partial charge on any atom is -0.339 e. The summed E-state index contributed by atoms with van der Waals surface area (Å²) in [6.45, 7) is 11.9. The number of aryl methyl sites for hydroxylation is 2. The first kappa shape index (κ1) is 19.5. The number of aromatic nitrogens is 4. The highest BCUT2D eigenvalue weighted by molar-refractivity contribution is 7.89. The number of hydrogen-bond donors (Lipinski definition) is 0. The van der Waals surface area contributed by atoms with E-state index in [2.05, 4.69) is 34.0 Å². The fraction of sp³-hybridized carbons (Fsp3) is 0.722. The van der Waals surface area contributed by atoms with Crippen molar-refractivity contribution < 1.29 is 12.9 Å². The van der Waals surface area contributed by atoms with Gasteiger partial charge in [-0.25, -0.2) is 12.7 Å². The van der Waals surface area contributed by atoms with Crippen LogP contribution in [0.4, 0.5) is 0 Å². The molecule has 0 aliphatic carbocycles. The van der Waals surface area contributed by atoms with Gasteiger partial charge in [0.05, 0.1) is 17.9 Å². The maximum absolute atomic E-state index is 12.5. The van der Waals surface area contributed by atoms with E-state index in [1.165, 1.54) is 11.3 Å². The second-order valence-corrected chi connectivity index (χ2v) is 10.3. The van der Waals surface area contributed by atoms with Crippen molar-refractivity contribution in [2.45, 2.75) is 46.7 Å². The Morgan fingerprint density at radius 2 is 2.00 bits per heavy atom. The molecule has 2 aromatic rings. The molecule has 10 heteroatoms. The summed E-state index contributed by atoms with van der Waals surface area (Å²) in [5.41, 5.74) is 2.24. The highest BCUT2D eigenvalue weighted by Gasteiger charge is 2.58. The zero-order valence-corrected chi connectivity index (χ0v) is 17.7. The van der Waals surface area contributed by atoms with E-state index in [1.54, 1.807) is 18.2 Å². The Hall–Kier alpha value is -1.78. The lowest BCUT2D eigenvalue weighted by molar-refractivity contribution is -0.0118. The van der Waals surface area contributed by atoms with E-state index in [-0.39, 0.29) is 17.1 Å². The summed E-state index contributed by atoms with van der Waals surface area (Å²) in [5.74, 6) is 1.19. The van der Waals surface area contributed by atoms with Crippen molar-refractivity contribution >= 4 is 10.0 Å². The van der Waals surface area contributed by atoms with E-state index in [9.17, 15) is 8.42 Å². The minimum atomic E-state index is -3.25. The molecule has 0 aromatic carbocycles. The fourth-order valence-corrected chi connectivity index (χ4v) is 5.78. The van der Waals surface area contributed by atoms with E-state index in [1.807, 2.05) is 10.9 Å². The van der Waals surface area contributed by atoms with Gasteiger partial charge in [-0.1, -0.05) is 5.16 Å². The molecule has 2 aromatic heterocycles. The molecule has 154 valence electrons. The monoisotopic (exact) mass is 408 g/mol. The van der Waals surface area contributed by atoms with Crippen molar-refractivity contribution in [1.29, 1.82) is 0 Å². The largest absolute Gasteiger partial charge is 0.339 e. The second-order valence-electron chi connectivity index (χ2n) is 8.00. The zero-order valence-electron chi connectivity index (χ0n) is 16.9. The van der Waals surface area contributed by atoms with Gasteiger partial charge in [-0.05, 0) is 27.7 Å². The highest BCUT2D eigenvalue weighted by Crippen LogP contribution is 2.49. The number of hydrogen-bond acceptors (Lipinski definition) is 7. The molecule has 4 heterocycles. The zero-order chi connectivity index (χ0) is 20.1. The van der Waals surface area contributed by atoms with E-state index < -0.39 is 10.0 Å². The van der Waals surface area contributed by atoms with Gasteiger partial charge >= 0.3 is 0 Å². The van der Waals surface area contributed by atoms with E-state index in [0.717, 1.165) is 26.2 Å². The van der Waals surface area contributed by atoms with Crippen molar-refractivity contribution in [2.75, 3.05) is 31.9 Å². The summed E-state index contributed by atoms with van der Waals surface area (Å²) in [6, 6.07) is 0. The molecule has 2 aliphatic heterocycles. The molecule has 0 N–H and O–H groups in total. The predicted molar refractivity (Wildman–Crippen MR) is 103 cm³/mol. The van der Waals surface area contributed by atoms with Crippen LogP contribution in [-0.2, 0) is 23.1 Å². The standard InChI is InChI=1S/C18H28N6O3S/c1-5-24-13(3)15(7-19-24)8-22-10-18(11-22)12-23(28(25,26)6-2)9-16(18)17-20-14(4)21-27-17/h7,16H,5-6,8-12H2,1-4H3. The van der Waals surface area contributed by atoms with Gasteiger partial charge in [-0.2, -0.15) is 10.1 Å². The van der Waals surface area contributed by atoms with Crippen molar-refractivity contribution in [3.8, 4) is 0 Å². The average molecular weight is 409 g/mol. The number of likely N-dealkylation sites (tertiary alicyclic amines) is 1. The van der Waals surface area contributed by atoms with E-state index in [4.69, 9.17) is 4.52 Å². The third-order valence-electron chi connectivity index (χ3n) is 6.19. The van der Waals surface area contributed by atoms with E-state index >= 15 is 0 Å². The lowest BCUT2D eigenvalue weighted by Crippen LogP contribution is -2.59. The average Bonchev–Trinajstić information content (AvgIpc) is 3.32. The summed E-state index contributed by atoms with van der Waals surface area (Å²) < 4.78 is 34.1. The van der Waals surface area contributed by atoms with Crippen LogP contribution in [0.15, 0.2) is 10.7 Å². The van der Waals surface area contributed by atoms with Crippen molar-refractivity contribution in [1.82, 2.24) is 29.1 Å². The van der Waals surface area contributed by atoms with Crippen LogP contribution >= 0.6 is 0 Å². The predicted octanol–water partition coefficient (Wildman–Crippen LogP) is 1.15. The molecule has 28 heavy (non-hydrogen) atoms. The van der Waals surface area contributed by atoms with Gasteiger partial charge in [0.1, 0.15) is 0 Å². The van der Waals surface area contributed by atoms with Crippen LogP contribution in [0, 0.1) is 19.3 Å². The molecule has 0 saturated carbocycles. The van der Waals surface area contributed by atoms with Crippen molar-refractivity contribution in [2.24, 2.45) is 5.41 Å². The van der Waals surface area contributed by atoms with Crippen LogP contribution < -0.4 is 0 Å². The molecule has 1 atom stereocenters. The lowest BCUT2D eigenvalue weighted by Gasteiger charge is -2.50. The van der Waals surface area contributed by atoms with Gasteiger partial charge in [-0.3, -0.25) is 9.58 Å². The van der Waals surface area contributed by atoms with Gasteiger partial charge in [0.25, 0.3) is 0 Å². The van der Waals surface area contributed by atoms with Crippen molar-refractivity contribution in [3.63, 3.8) is 0 Å². The minimum absolute atomic E-state index is 0.0641. The first-order valence-electron chi connectivity index (χ1n) is 9.79. The topological polar surface area (TPSA) is 97.4 Å². The van der Waals surface area contributed by atoms with E-state index in [0.29, 0.717) is 24.8 Å². The quantitative estimate of drug-likeness (QED) is 0.707. The Morgan fingerprint density at radius 1 is 1.25 bits per heavy atom. The first-order valence-corrected chi connectivity index (χ1v) is 11.4. The van der Waals surface area contributed by atoms with Crippen molar-refractivity contribution in [3.05, 3.63) is 29.2 Å². The normalized spacial score (nSPS) is 22.8. The Morgan fingerprint density at radius 3 is 2.57 bits per heavy atom. The number of nitrogens with zero attached hydrogens (tertiary/aromatic N) is 6. The molecule has 1 spiro atoms. The maximum Gasteiger partial charge on any atom is 0.231 e. The smallest absolute Gasteiger partial charge is 0.231 e. The van der Waals surface area contributed by atoms with Crippen LogP contribution in [0.5, 0.6) is 0 Å². The first-order chi connectivity index (χ1) is 13.3. The van der Waals surface area contributed by atoms with Crippen LogP contribution in [-0.4, -0.2) is 69.5 Å². The molecule has 2 aliphatic rings. The van der Waals surface area contributed by atoms with Gasteiger partial charge in [0, 0.05) is 55.9 Å². The number of rotatable bonds is 6. The Kier molecular flexibility index (Phi) is 4.83. The van der Waals surface area contributed by atoms with Gasteiger partial charge < -0.3 is 4.52 Å². The SMILES string of the molecule is CCn1ncc(CN2CC3(C2)CN(S(=O)(=O)CC)CC3c2nc(C)no2)c1C. The van der Waals surface area contributed by atoms with Crippen LogP contribution in [0.3, 0.4) is 0 Å². The molecule has 4 rings (SSSR count). The molecule has 0 radical (unpaired) electrons. The van der Waals surface area contributed by atoms with Gasteiger partial charge in [0.2, 0.25) is 15.9 Å². The number of sulfonamides is 1. The molecule has 2 fully saturated rings. The van der Waals surface area contributed by atoms with Gasteiger partial charge in [0.15, 0.2) is 5.82 Å². The summed E-state index contributed by atoms with van der Waals surface area (Å²) in [5, 5.41) is 8.35. The highest BCUT2D eigenvalue weighted by atomic mass is 32.2. The third kappa shape index (κ3) is 3.17. The molecule has 9 nitrogen and oxygen atoms in total. The molecule has 0 bridgehead atoms. The second kappa shape index (κ2) is 6.93. The van der Waals surface area contributed by atoms with Crippen LogP contribution in [0.2, 0.25) is 0 Å². The fourth-order valence-electron chi connectivity index (χ4n) is 4.59. The Labute approximate surface area is 165 Å². The lowest BCUT2D eigenvalue weighted by atomic mass is 9.71. The third-order valence-corrected chi connectivity index (χ3v) is 7.99. The Bertz CT molecular complexity index is 960.